The fourth-order valence-electron chi connectivity index (χ4n) is 4.62. The van der Waals surface area contributed by atoms with Crippen LogP contribution in [0.4, 0.5) is 4.39 Å². The average molecular weight is 514 g/mol. The highest BCUT2D eigenvalue weighted by Crippen LogP contribution is 2.47. The Labute approximate surface area is 207 Å². The summed E-state index contributed by atoms with van der Waals surface area (Å²) in [6.07, 6.45) is 1.85. The molecule has 2 amide bonds. The van der Waals surface area contributed by atoms with Crippen LogP contribution in [0.25, 0.3) is 0 Å². The molecule has 1 N–H and O–H groups in total. The SMILES string of the molecule is N#Cc1ccc(CNC(=O)c2ccc3n(c2=O)CCN(CC2(S(=O)(=O)N4CCC4)CC2)C3=O)cc1F. The Morgan fingerprint density at radius 2 is 1.86 bits per heavy atom. The van der Waals surface area contributed by atoms with Crippen LogP contribution < -0.4 is 10.9 Å². The third-order valence-corrected chi connectivity index (χ3v) is 9.79. The van der Waals surface area contributed by atoms with E-state index in [-0.39, 0.29) is 43.0 Å². The van der Waals surface area contributed by atoms with Gasteiger partial charge in [-0.2, -0.15) is 5.26 Å². The molecule has 0 unspecified atom stereocenters. The van der Waals surface area contributed by atoms with Crippen molar-refractivity contribution in [3.8, 4) is 6.07 Å². The molecule has 1 aromatic heterocycles. The van der Waals surface area contributed by atoms with E-state index in [9.17, 15) is 27.2 Å². The molecule has 12 heteroatoms. The van der Waals surface area contributed by atoms with Gasteiger partial charge in [0.05, 0.1) is 5.56 Å². The summed E-state index contributed by atoms with van der Waals surface area (Å²) in [5.41, 5.74) is -0.367. The number of benzene rings is 1. The van der Waals surface area contributed by atoms with Gasteiger partial charge in [-0.3, -0.25) is 14.4 Å². The predicted molar refractivity (Wildman–Crippen MR) is 126 cm³/mol. The lowest BCUT2D eigenvalue weighted by Gasteiger charge is -2.37. The lowest BCUT2D eigenvalue weighted by Crippen LogP contribution is -2.54. The Morgan fingerprint density at radius 1 is 1.11 bits per heavy atom. The van der Waals surface area contributed by atoms with Gasteiger partial charge in [0.2, 0.25) is 10.0 Å². The fourth-order valence-corrected chi connectivity index (χ4v) is 6.84. The quantitative estimate of drug-likeness (QED) is 0.583. The molecular formula is C24H24FN5O5S. The number of sulfonamides is 1. The maximum absolute atomic E-state index is 13.8. The molecule has 2 fully saturated rings. The van der Waals surface area contributed by atoms with Crippen molar-refractivity contribution in [1.29, 1.82) is 5.26 Å². The summed E-state index contributed by atoms with van der Waals surface area (Å²) in [5.74, 6) is -1.82. The van der Waals surface area contributed by atoms with Crippen molar-refractivity contribution in [2.75, 3.05) is 26.2 Å². The number of pyridine rings is 1. The molecule has 1 aliphatic carbocycles. The lowest BCUT2D eigenvalue weighted by atomic mass is 10.1. The van der Waals surface area contributed by atoms with Crippen LogP contribution in [0.2, 0.25) is 0 Å². The van der Waals surface area contributed by atoms with E-state index in [1.807, 2.05) is 0 Å². The highest BCUT2D eigenvalue weighted by Gasteiger charge is 2.59. The van der Waals surface area contributed by atoms with Crippen LogP contribution in [0.3, 0.4) is 0 Å². The number of rotatable bonds is 7. The van der Waals surface area contributed by atoms with Gasteiger partial charge in [-0.15, -0.1) is 0 Å². The normalized spacial score (nSPS) is 18.7. The van der Waals surface area contributed by atoms with Gasteiger partial charge in [0, 0.05) is 39.3 Å². The second-order valence-corrected chi connectivity index (χ2v) is 11.7. The zero-order chi connectivity index (χ0) is 25.7. The zero-order valence-corrected chi connectivity index (χ0v) is 20.2. The second-order valence-electron chi connectivity index (χ2n) is 9.37. The van der Waals surface area contributed by atoms with Gasteiger partial charge in [0.1, 0.15) is 27.9 Å². The molecule has 1 saturated heterocycles. The van der Waals surface area contributed by atoms with Crippen LogP contribution in [0.15, 0.2) is 35.1 Å². The first-order valence-electron chi connectivity index (χ1n) is 11.7. The van der Waals surface area contributed by atoms with Crippen LogP contribution in [-0.2, 0) is 23.1 Å². The Hall–Kier alpha value is -3.56. The maximum atomic E-state index is 13.8. The number of fused-ring (bicyclic) bond motifs is 1. The van der Waals surface area contributed by atoms with Gasteiger partial charge >= 0.3 is 0 Å². The number of nitriles is 1. The standard InChI is InChI=1S/C24H24FN5O5S/c25-19-12-16(2-3-17(19)13-26)14-27-21(31)18-4-5-20-23(33)28(10-11-30(20)22(18)32)15-24(6-7-24)36(34,35)29-8-1-9-29/h2-5,12H,1,6-11,14-15H2,(H,27,31). The number of carbonyl (C=O) groups excluding carboxylic acids is 2. The molecule has 1 aromatic carbocycles. The molecule has 0 bridgehead atoms. The number of nitrogens with one attached hydrogen (secondary N) is 1. The van der Waals surface area contributed by atoms with E-state index < -0.39 is 38.0 Å². The molecule has 3 heterocycles. The van der Waals surface area contributed by atoms with Crippen molar-refractivity contribution in [2.24, 2.45) is 0 Å². The summed E-state index contributed by atoms with van der Waals surface area (Å²) < 4.78 is 41.5. The van der Waals surface area contributed by atoms with Crippen LogP contribution in [-0.4, -0.2) is 64.9 Å². The van der Waals surface area contributed by atoms with E-state index in [0.29, 0.717) is 31.5 Å². The van der Waals surface area contributed by atoms with E-state index in [1.165, 1.54) is 38.0 Å². The Morgan fingerprint density at radius 3 is 2.47 bits per heavy atom. The fraction of sp³-hybridized carbons (Fsp3) is 0.417. The molecule has 36 heavy (non-hydrogen) atoms. The summed E-state index contributed by atoms with van der Waals surface area (Å²) in [6.45, 7) is 1.37. The van der Waals surface area contributed by atoms with Crippen molar-refractivity contribution in [3.05, 3.63) is 68.9 Å². The van der Waals surface area contributed by atoms with E-state index in [1.54, 1.807) is 6.07 Å². The smallest absolute Gasteiger partial charge is 0.270 e. The highest BCUT2D eigenvalue weighted by atomic mass is 32.2. The second kappa shape index (κ2) is 8.83. The van der Waals surface area contributed by atoms with Crippen LogP contribution in [0, 0.1) is 17.1 Å². The van der Waals surface area contributed by atoms with Crippen LogP contribution >= 0.6 is 0 Å². The summed E-state index contributed by atoms with van der Waals surface area (Å²) in [6, 6.07) is 8.34. The molecule has 3 aliphatic rings. The number of halogens is 1. The van der Waals surface area contributed by atoms with Gasteiger partial charge in [-0.1, -0.05) is 6.07 Å². The number of nitrogens with zero attached hydrogens (tertiary/aromatic N) is 4. The third kappa shape index (κ3) is 3.98. The van der Waals surface area contributed by atoms with Crippen LogP contribution in [0.1, 0.15) is 51.2 Å². The molecule has 0 radical (unpaired) electrons. The third-order valence-electron chi connectivity index (χ3n) is 7.11. The average Bonchev–Trinajstić information content (AvgIpc) is 3.60. The van der Waals surface area contributed by atoms with Gasteiger partial charge in [0.15, 0.2) is 0 Å². The summed E-state index contributed by atoms with van der Waals surface area (Å²) in [7, 11) is -3.47. The maximum Gasteiger partial charge on any atom is 0.270 e. The first-order valence-corrected chi connectivity index (χ1v) is 13.1. The number of hydrogen-bond acceptors (Lipinski definition) is 6. The monoisotopic (exact) mass is 513 g/mol. The Balaban J connectivity index is 1.29. The van der Waals surface area contributed by atoms with Crippen molar-refractivity contribution in [2.45, 2.75) is 37.1 Å². The lowest BCUT2D eigenvalue weighted by molar-refractivity contribution is 0.0693. The molecule has 2 aromatic rings. The summed E-state index contributed by atoms with van der Waals surface area (Å²) in [4.78, 5) is 40.2. The summed E-state index contributed by atoms with van der Waals surface area (Å²) >= 11 is 0. The minimum absolute atomic E-state index is 0.0526. The number of amides is 2. The summed E-state index contributed by atoms with van der Waals surface area (Å²) in [5, 5.41) is 11.4. The molecule has 2 aliphatic heterocycles. The Kier molecular flexibility index (Phi) is 5.92. The number of hydrogen-bond donors (Lipinski definition) is 1. The number of aromatic nitrogens is 1. The molecule has 10 nitrogen and oxygen atoms in total. The van der Waals surface area contributed by atoms with Gasteiger partial charge in [-0.25, -0.2) is 17.1 Å². The van der Waals surface area contributed by atoms with E-state index in [0.717, 1.165) is 12.5 Å². The first-order chi connectivity index (χ1) is 17.2. The molecule has 188 valence electrons. The van der Waals surface area contributed by atoms with Gasteiger partial charge < -0.3 is 14.8 Å². The largest absolute Gasteiger partial charge is 0.348 e. The minimum atomic E-state index is -3.47. The molecule has 0 atom stereocenters. The van der Waals surface area contributed by atoms with E-state index >= 15 is 0 Å². The molecule has 0 spiro atoms. The minimum Gasteiger partial charge on any atom is -0.348 e. The highest BCUT2D eigenvalue weighted by molar-refractivity contribution is 7.90. The Bertz CT molecular complexity index is 1470. The van der Waals surface area contributed by atoms with Crippen molar-refractivity contribution in [1.82, 2.24) is 19.1 Å². The predicted octanol–water partition coefficient (Wildman–Crippen LogP) is 0.813. The number of carbonyl (C=O) groups is 2. The van der Waals surface area contributed by atoms with Crippen molar-refractivity contribution >= 4 is 21.8 Å². The topological polar surface area (TPSA) is 133 Å². The van der Waals surface area contributed by atoms with Crippen molar-refractivity contribution < 1.29 is 22.4 Å². The van der Waals surface area contributed by atoms with Gasteiger partial charge in [-0.05, 0) is 49.1 Å². The van der Waals surface area contributed by atoms with E-state index in [2.05, 4.69) is 5.32 Å². The molecule has 5 rings (SSSR count). The van der Waals surface area contributed by atoms with E-state index in [4.69, 9.17) is 5.26 Å². The first kappa shape index (κ1) is 24.1. The molecule has 1 saturated carbocycles. The van der Waals surface area contributed by atoms with Gasteiger partial charge in [0.25, 0.3) is 17.4 Å². The van der Waals surface area contributed by atoms with Crippen LogP contribution in [0.5, 0.6) is 0 Å². The zero-order valence-electron chi connectivity index (χ0n) is 19.4. The molecular weight excluding hydrogens is 489 g/mol. The van der Waals surface area contributed by atoms with Crippen molar-refractivity contribution in [3.63, 3.8) is 0 Å².